The van der Waals surface area contributed by atoms with Crippen LogP contribution in [0.4, 0.5) is 11.4 Å². The maximum absolute atomic E-state index is 12.3. The lowest BCUT2D eigenvalue weighted by molar-refractivity contribution is -0.384. The number of amides is 1. The molecule has 0 aliphatic heterocycles. The Labute approximate surface area is 178 Å². The molecule has 28 heavy (non-hydrogen) atoms. The zero-order valence-electron chi connectivity index (χ0n) is 13.9. The van der Waals surface area contributed by atoms with Gasteiger partial charge >= 0.3 is 0 Å². The molecular formula is C18H11BrClN3O4S. The average molecular weight is 481 g/mol. The normalized spacial score (nSPS) is 10.4. The Kier molecular flexibility index (Phi) is 6.08. The highest BCUT2D eigenvalue weighted by atomic mass is 79.9. The van der Waals surface area contributed by atoms with Crippen molar-refractivity contribution in [3.8, 4) is 11.3 Å². The number of anilines is 1. The second-order valence-corrected chi connectivity index (χ2v) is 7.20. The lowest BCUT2D eigenvalue weighted by Gasteiger charge is -2.10. The fourth-order valence-corrected chi connectivity index (χ4v) is 3.28. The van der Waals surface area contributed by atoms with E-state index in [0.717, 1.165) is 4.47 Å². The SMILES string of the molecule is O=C(NC(=S)Nc1ccc(Br)cc1Cl)c1ccc(-c2ccccc2[N+](=O)[O-])o1. The molecule has 0 saturated carbocycles. The summed E-state index contributed by atoms with van der Waals surface area (Å²) in [4.78, 5) is 23.0. The number of furan rings is 1. The highest BCUT2D eigenvalue weighted by Crippen LogP contribution is 2.31. The Balaban J connectivity index is 1.72. The van der Waals surface area contributed by atoms with Crippen molar-refractivity contribution in [2.45, 2.75) is 0 Å². The van der Waals surface area contributed by atoms with Gasteiger partial charge in [0, 0.05) is 10.5 Å². The van der Waals surface area contributed by atoms with E-state index < -0.39 is 10.8 Å². The molecule has 3 aromatic rings. The predicted molar refractivity (Wildman–Crippen MR) is 114 cm³/mol. The smallest absolute Gasteiger partial charge is 0.293 e. The van der Waals surface area contributed by atoms with Gasteiger partial charge < -0.3 is 9.73 Å². The molecule has 0 unspecified atom stereocenters. The Bertz CT molecular complexity index is 1090. The number of nitrogens with zero attached hydrogens (tertiary/aromatic N) is 1. The predicted octanol–water partition coefficient (Wildman–Crippen LogP) is 5.40. The van der Waals surface area contributed by atoms with Gasteiger partial charge in [0.25, 0.3) is 11.6 Å². The number of rotatable bonds is 4. The summed E-state index contributed by atoms with van der Waals surface area (Å²) in [6.45, 7) is 0. The Morgan fingerprint density at radius 3 is 2.64 bits per heavy atom. The molecule has 0 saturated heterocycles. The molecule has 2 N–H and O–H groups in total. The standard InChI is InChI=1S/C18H11BrClN3O4S/c19-10-5-6-13(12(20)9-10)21-18(28)22-17(24)16-8-7-15(27-16)11-3-1-2-4-14(11)23(25)26/h1-9H,(H2,21,22,24,28). The van der Waals surface area contributed by atoms with Crippen molar-refractivity contribution in [3.63, 3.8) is 0 Å². The molecule has 142 valence electrons. The largest absolute Gasteiger partial charge is 0.451 e. The highest BCUT2D eigenvalue weighted by Gasteiger charge is 2.19. The van der Waals surface area contributed by atoms with E-state index in [9.17, 15) is 14.9 Å². The first-order valence-electron chi connectivity index (χ1n) is 7.76. The molecule has 0 aliphatic carbocycles. The van der Waals surface area contributed by atoms with E-state index in [2.05, 4.69) is 26.6 Å². The quantitative estimate of drug-likeness (QED) is 0.295. The first kappa shape index (κ1) is 20.0. The number of para-hydroxylation sites is 1. The zero-order valence-corrected chi connectivity index (χ0v) is 17.1. The second-order valence-electron chi connectivity index (χ2n) is 5.47. The fourth-order valence-electron chi connectivity index (χ4n) is 2.36. The van der Waals surface area contributed by atoms with Gasteiger partial charge in [-0.1, -0.05) is 39.7 Å². The van der Waals surface area contributed by atoms with E-state index in [4.69, 9.17) is 28.2 Å². The summed E-state index contributed by atoms with van der Waals surface area (Å²) in [5.41, 5.74) is 0.676. The zero-order chi connectivity index (χ0) is 20.3. The highest BCUT2D eigenvalue weighted by molar-refractivity contribution is 9.10. The molecule has 3 rings (SSSR count). The summed E-state index contributed by atoms with van der Waals surface area (Å²) in [5.74, 6) is -0.443. The average Bonchev–Trinajstić information content (AvgIpc) is 3.14. The molecule has 0 atom stereocenters. The van der Waals surface area contributed by atoms with Gasteiger partial charge in [-0.2, -0.15) is 0 Å². The van der Waals surface area contributed by atoms with Crippen molar-refractivity contribution in [2.75, 3.05) is 5.32 Å². The Hall–Kier alpha value is -2.75. The molecule has 10 heteroatoms. The van der Waals surface area contributed by atoms with Crippen LogP contribution < -0.4 is 10.6 Å². The minimum Gasteiger partial charge on any atom is -0.451 e. The van der Waals surface area contributed by atoms with Gasteiger partial charge in [0.1, 0.15) is 5.76 Å². The van der Waals surface area contributed by atoms with Crippen LogP contribution in [0.15, 0.2) is 63.5 Å². The van der Waals surface area contributed by atoms with Crippen LogP contribution in [0.25, 0.3) is 11.3 Å². The summed E-state index contributed by atoms with van der Waals surface area (Å²) in [6.07, 6.45) is 0. The van der Waals surface area contributed by atoms with Gasteiger partial charge in [-0.05, 0) is 48.6 Å². The van der Waals surface area contributed by atoms with Gasteiger partial charge in [-0.3, -0.25) is 20.2 Å². The minimum atomic E-state index is -0.601. The molecule has 0 bridgehead atoms. The van der Waals surface area contributed by atoms with Gasteiger partial charge in [0.2, 0.25) is 0 Å². The third-order valence-electron chi connectivity index (χ3n) is 3.60. The number of benzene rings is 2. The number of carbonyl (C=O) groups excluding carboxylic acids is 1. The number of halogens is 2. The van der Waals surface area contributed by atoms with Gasteiger partial charge in [-0.15, -0.1) is 0 Å². The van der Waals surface area contributed by atoms with Crippen molar-refractivity contribution < 1.29 is 14.1 Å². The van der Waals surface area contributed by atoms with Crippen molar-refractivity contribution >= 4 is 62.1 Å². The number of nitro benzene ring substituents is 1. The van der Waals surface area contributed by atoms with Crippen molar-refractivity contribution in [3.05, 3.63) is 80.0 Å². The summed E-state index contributed by atoms with van der Waals surface area (Å²) >= 11 is 14.5. The van der Waals surface area contributed by atoms with Crippen LogP contribution in [0.2, 0.25) is 5.02 Å². The topological polar surface area (TPSA) is 97.4 Å². The first-order valence-corrected chi connectivity index (χ1v) is 9.34. The summed E-state index contributed by atoms with van der Waals surface area (Å²) in [6, 6.07) is 14.1. The number of hydrogen-bond donors (Lipinski definition) is 2. The number of hydrogen-bond acceptors (Lipinski definition) is 5. The number of nitro groups is 1. The van der Waals surface area contributed by atoms with Crippen LogP contribution in [-0.4, -0.2) is 15.9 Å². The van der Waals surface area contributed by atoms with Gasteiger partial charge in [0.15, 0.2) is 10.9 Å². The van der Waals surface area contributed by atoms with Crippen molar-refractivity contribution in [1.29, 1.82) is 0 Å². The van der Waals surface area contributed by atoms with Crippen LogP contribution in [0, 0.1) is 10.1 Å². The summed E-state index contributed by atoms with van der Waals surface area (Å²) in [5, 5.41) is 16.9. The molecule has 2 aromatic carbocycles. The van der Waals surface area contributed by atoms with E-state index in [1.807, 2.05) is 0 Å². The van der Waals surface area contributed by atoms with Crippen LogP contribution >= 0.6 is 39.7 Å². The molecule has 7 nitrogen and oxygen atoms in total. The monoisotopic (exact) mass is 479 g/mol. The van der Waals surface area contributed by atoms with Crippen LogP contribution in [0.5, 0.6) is 0 Å². The Morgan fingerprint density at radius 2 is 1.93 bits per heavy atom. The maximum atomic E-state index is 12.3. The van der Waals surface area contributed by atoms with E-state index in [1.165, 1.54) is 18.2 Å². The maximum Gasteiger partial charge on any atom is 0.293 e. The van der Waals surface area contributed by atoms with Gasteiger partial charge in [0.05, 0.1) is 21.2 Å². The number of nitrogens with one attached hydrogen (secondary N) is 2. The molecule has 0 radical (unpaired) electrons. The van der Waals surface area contributed by atoms with Crippen molar-refractivity contribution in [1.82, 2.24) is 5.32 Å². The van der Waals surface area contributed by atoms with Crippen LogP contribution in [0.1, 0.15) is 10.6 Å². The molecule has 0 spiro atoms. The molecule has 0 fully saturated rings. The third-order valence-corrected chi connectivity index (χ3v) is 4.61. The lowest BCUT2D eigenvalue weighted by Crippen LogP contribution is -2.33. The minimum absolute atomic E-state index is 0.0258. The molecular weight excluding hydrogens is 470 g/mol. The third kappa shape index (κ3) is 4.56. The molecule has 1 amide bonds. The molecule has 1 aromatic heterocycles. The summed E-state index contributed by atoms with van der Waals surface area (Å²) < 4.78 is 6.28. The Morgan fingerprint density at radius 1 is 1.18 bits per heavy atom. The number of thiocarbonyl (C=S) groups is 1. The molecule has 0 aliphatic rings. The second kappa shape index (κ2) is 8.51. The van der Waals surface area contributed by atoms with Crippen LogP contribution in [0.3, 0.4) is 0 Å². The molecule has 1 heterocycles. The summed E-state index contributed by atoms with van der Waals surface area (Å²) in [7, 11) is 0. The number of carbonyl (C=O) groups is 1. The van der Waals surface area contributed by atoms with Gasteiger partial charge in [-0.25, -0.2) is 0 Å². The van der Waals surface area contributed by atoms with Crippen molar-refractivity contribution in [2.24, 2.45) is 0 Å². The van der Waals surface area contributed by atoms with E-state index in [-0.39, 0.29) is 27.9 Å². The van der Waals surface area contributed by atoms with Crippen LogP contribution in [-0.2, 0) is 0 Å². The first-order chi connectivity index (χ1) is 13.3. The van der Waals surface area contributed by atoms with E-state index in [1.54, 1.807) is 36.4 Å². The lowest BCUT2D eigenvalue weighted by atomic mass is 10.1. The van der Waals surface area contributed by atoms with E-state index in [0.29, 0.717) is 10.7 Å². The van der Waals surface area contributed by atoms with E-state index >= 15 is 0 Å². The fraction of sp³-hybridized carbons (Fsp3) is 0.